The van der Waals surface area contributed by atoms with Crippen LogP contribution in [0.4, 0.5) is 11.5 Å². The molecule has 76 valence electrons. The van der Waals surface area contributed by atoms with Crippen LogP contribution in [0.3, 0.4) is 0 Å². The van der Waals surface area contributed by atoms with E-state index in [0.29, 0.717) is 12.0 Å². The number of pyridine rings is 1. The highest BCUT2D eigenvalue weighted by Crippen LogP contribution is 2.28. The molecule has 2 N–H and O–H groups in total. The van der Waals surface area contributed by atoms with E-state index < -0.39 is 0 Å². The van der Waals surface area contributed by atoms with E-state index in [-0.39, 0.29) is 0 Å². The number of nitrogens with one attached hydrogen (secondary N) is 2. The van der Waals surface area contributed by atoms with E-state index in [1.807, 2.05) is 12.3 Å². The van der Waals surface area contributed by atoms with E-state index in [0.717, 1.165) is 18.1 Å². The number of nitrogens with zero attached hydrogens (tertiary/aromatic N) is 1. The van der Waals surface area contributed by atoms with Crippen molar-refractivity contribution in [1.29, 1.82) is 0 Å². The summed E-state index contributed by atoms with van der Waals surface area (Å²) in [5.41, 5.74) is 2.42. The minimum absolute atomic E-state index is 0.505. The van der Waals surface area contributed by atoms with Gasteiger partial charge in [-0.2, -0.15) is 0 Å². The second-order valence-electron chi connectivity index (χ2n) is 4.23. The topological polar surface area (TPSA) is 37.0 Å². The highest BCUT2D eigenvalue weighted by atomic mass is 15.1. The Morgan fingerprint density at radius 1 is 1.50 bits per heavy atom. The molecule has 0 saturated carbocycles. The Labute approximate surface area is 84.9 Å². The van der Waals surface area contributed by atoms with Gasteiger partial charge in [-0.1, -0.05) is 13.8 Å². The molecular formula is C11H17N3. The van der Waals surface area contributed by atoms with Crippen LogP contribution in [-0.2, 0) is 0 Å². The molecule has 1 atom stereocenters. The van der Waals surface area contributed by atoms with Crippen molar-refractivity contribution in [3.8, 4) is 0 Å². The summed E-state index contributed by atoms with van der Waals surface area (Å²) in [5, 5.41) is 6.90. The average molecular weight is 191 g/mol. The number of hydrogen-bond donors (Lipinski definition) is 2. The van der Waals surface area contributed by atoms with Crippen LogP contribution in [0.5, 0.6) is 0 Å². The van der Waals surface area contributed by atoms with Crippen molar-refractivity contribution in [3.05, 3.63) is 17.8 Å². The second-order valence-corrected chi connectivity index (χ2v) is 4.23. The number of fused-ring (bicyclic) bond motifs is 1. The van der Waals surface area contributed by atoms with Gasteiger partial charge in [0.05, 0.1) is 5.69 Å². The molecule has 1 unspecified atom stereocenters. The minimum Gasteiger partial charge on any atom is -0.377 e. The monoisotopic (exact) mass is 191 g/mol. The zero-order valence-corrected chi connectivity index (χ0v) is 8.96. The molecule has 14 heavy (non-hydrogen) atoms. The van der Waals surface area contributed by atoms with Gasteiger partial charge in [-0.25, -0.2) is 4.98 Å². The van der Waals surface area contributed by atoms with Gasteiger partial charge in [0.2, 0.25) is 0 Å². The molecule has 0 amide bonds. The first-order valence-corrected chi connectivity index (χ1v) is 5.14. The molecule has 1 aromatic heterocycles. The molecule has 1 aromatic rings. The number of rotatable bonds is 1. The van der Waals surface area contributed by atoms with Crippen LogP contribution in [0.1, 0.15) is 19.4 Å². The van der Waals surface area contributed by atoms with Gasteiger partial charge in [0.15, 0.2) is 0 Å². The van der Waals surface area contributed by atoms with Gasteiger partial charge < -0.3 is 10.6 Å². The third kappa shape index (κ3) is 1.54. The molecule has 3 heteroatoms. The molecule has 0 radical (unpaired) electrons. The largest absolute Gasteiger partial charge is 0.377 e. The lowest BCUT2D eigenvalue weighted by molar-refractivity contribution is 0.535. The Hall–Kier alpha value is -1.25. The Morgan fingerprint density at radius 2 is 2.29 bits per heavy atom. The van der Waals surface area contributed by atoms with Crippen LogP contribution in [0.15, 0.2) is 12.3 Å². The highest BCUT2D eigenvalue weighted by molar-refractivity contribution is 5.70. The predicted octanol–water partition coefficient (Wildman–Crippen LogP) is 2.25. The average Bonchev–Trinajstić information content (AvgIpc) is 2.18. The third-order valence-electron chi connectivity index (χ3n) is 2.78. The van der Waals surface area contributed by atoms with Gasteiger partial charge in [0.1, 0.15) is 5.82 Å². The molecular weight excluding hydrogens is 174 g/mol. The van der Waals surface area contributed by atoms with Crippen LogP contribution in [0.25, 0.3) is 0 Å². The van der Waals surface area contributed by atoms with E-state index in [4.69, 9.17) is 0 Å². The van der Waals surface area contributed by atoms with Crippen LogP contribution >= 0.6 is 0 Å². The summed E-state index contributed by atoms with van der Waals surface area (Å²) >= 11 is 0. The molecule has 0 bridgehead atoms. The van der Waals surface area contributed by atoms with Crippen molar-refractivity contribution in [2.24, 2.45) is 5.92 Å². The first-order chi connectivity index (χ1) is 6.68. The fraction of sp³-hybridized carbons (Fsp3) is 0.545. The van der Waals surface area contributed by atoms with Gasteiger partial charge >= 0.3 is 0 Å². The minimum atomic E-state index is 0.505. The summed E-state index contributed by atoms with van der Waals surface area (Å²) in [6.07, 6.45) is 1.85. The first-order valence-electron chi connectivity index (χ1n) is 5.14. The van der Waals surface area contributed by atoms with E-state index in [1.54, 1.807) is 0 Å². The zero-order valence-electron chi connectivity index (χ0n) is 8.96. The Morgan fingerprint density at radius 3 is 3.00 bits per heavy atom. The molecule has 0 aromatic carbocycles. The van der Waals surface area contributed by atoms with Crippen molar-refractivity contribution in [1.82, 2.24) is 4.98 Å². The summed E-state index contributed by atoms with van der Waals surface area (Å²) in [6, 6.07) is 2.54. The maximum atomic E-state index is 4.30. The van der Waals surface area contributed by atoms with Gasteiger partial charge in [0, 0.05) is 18.8 Å². The molecule has 0 fully saturated rings. The molecule has 0 spiro atoms. The maximum Gasteiger partial charge on any atom is 0.149 e. The van der Waals surface area contributed by atoms with Gasteiger partial charge in [-0.3, -0.25) is 0 Å². The van der Waals surface area contributed by atoms with Gasteiger partial charge in [-0.15, -0.1) is 0 Å². The number of aromatic nitrogens is 1. The Kier molecular flexibility index (Phi) is 2.32. The normalized spacial score (nSPS) is 19.9. The highest BCUT2D eigenvalue weighted by Gasteiger charge is 2.21. The predicted molar refractivity (Wildman–Crippen MR) is 59.7 cm³/mol. The van der Waals surface area contributed by atoms with Crippen LogP contribution in [0.2, 0.25) is 0 Å². The fourth-order valence-corrected chi connectivity index (χ4v) is 1.72. The molecule has 1 aliphatic rings. The molecule has 3 nitrogen and oxygen atoms in total. The molecule has 1 aliphatic heterocycles. The van der Waals surface area contributed by atoms with Crippen molar-refractivity contribution in [3.63, 3.8) is 0 Å². The lowest BCUT2D eigenvalue weighted by Crippen LogP contribution is -2.37. The third-order valence-corrected chi connectivity index (χ3v) is 2.78. The van der Waals surface area contributed by atoms with Crippen molar-refractivity contribution in [2.75, 3.05) is 17.2 Å². The Bertz CT molecular complexity index is 333. The van der Waals surface area contributed by atoms with Crippen molar-refractivity contribution in [2.45, 2.75) is 26.8 Å². The quantitative estimate of drug-likeness (QED) is 0.715. The molecule has 2 heterocycles. The fourth-order valence-electron chi connectivity index (χ4n) is 1.72. The lowest BCUT2D eigenvalue weighted by atomic mass is 10.0. The molecule has 0 aliphatic carbocycles. The van der Waals surface area contributed by atoms with Crippen LogP contribution < -0.4 is 10.6 Å². The van der Waals surface area contributed by atoms with Crippen LogP contribution in [0, 0.1) is 12.8 Å². The number of aryl methyl sites for hydroxylation is 1. The van der Waals surface area contributed by atoms with E-state index in [9.17, 15) is 0 Å². The zero-order chi connectivity index (χ0) is 10.1. The SMILES string of the molecule is Cc1ccnc2c1NC(C(C)C)CN2. The summed E-state index contributed by atoms with van der Waals surface area (Å²) < 4.78 is 0. The summed E-state index contributed by atoms with van der Waals surface area (Å²) in [5.74, 6) is 1.62. The maximum absolute atomic E-state index is 4.30. The molecule has 2 rings (SSSR count). The lowest BCUT2D eigenvalue weighted by Gasteiger charge is -2.31. The van der Waals surface area contributed by atoms with Crippen LogP contribution in [-0.4, -0.2) is 17.6 Å². The Balaban J connectivity index is 2.29. The molecule has 0 saturated heterocycles. The summed E-state index contributed by atoms with van der Waals surface area (Å²) in [4.78, 5) is 4.30. The van der Waals surface area contributed by atoms with Gasteiger partial charge in [-0.05, 0) is 24.5 Å². The van der Waals surface area contributed by atoms with E-state index in [1.165, 1.54) is 5.56 Å². The smallest absolute Gasteiger partial charge is 0.149 e. The van der Waals surface area contributed by atoms with E-state index in [2.05, 4.69) is 36.4 Å². The second kappa shape index (κ2) is 3.48. The van der Waals surface area contributed by atoms with Crippen molar-refractivity contribution < 1.29 is 0 Å². The first kappa shape index (κ1) is 9.31. The number of anilines is 2. The van der Waals surface area contributed by atoms with Crippen molar-refractivity contribution >= 4 is 11.5 Å². The summed E-state index contributed by atoms with van der Waals surface area (Å²) in [7, 11) is 0. The standard InChI is InChI=1S/C11H17N3/c1-7(2)9-6-13-11-10(14-9)8(3)4-5-12-11/h4-5,7,9,14H,6H2,1-3H3,(H,12,13). The summed E-state index contributed by atoms with van der Waals surface area (Å²) in [6.45, 7) is 7.53. The number of hydrogen-bond acceptors (Lipinski definition) is 3. The van der Waals surface area contributed by atoms with Gasteiger partial charge in [0.25, 0.3) is 0 Å². The van der Waals surface area contributed by atoms with E-state index >= 15 is 0 Å².